The van der Waals surface area contributed by atoms with Gasteiger partial charge in [-0.15, -0.1) is 12.4 Å². The van der Waals surface area contributed by atoms with Gasteiger partial charge >= 0.3 is 0 Å². The van der Waals surface area contributed by atoms with Gasteiger partial charge in [0.15, 0.2) is 0 Å². The third-order valence-corrected chi connectivity index (χ3v) is 2.66. The highest BCUT2D eigenvalue weighted by Gasteiger charge is 2.07. The van der Waals surface area contributed by atoms with Crippen LogP contribution in [0.4, 0.5) is 5.82 Å². The minimum absolute atomic E-state index is 0. The van der Waals surface area contributed by atoms with Crippen molar-refractivity contribution in [3.05, 3.63) is 54.9 Å². The lowest BCUT2D eigenvalue weighted by Gasteiger charge is -2.06. The molecule has 3 aromatic rings. The van der Waals surface area contributed by atoms with Gasteiger partial charge in [-0.05, 0) is 24.3 Å². The molecule has 0 atom stereocenters. The third kappa shape index (κ3) is 2.77. The monoisotopic (exact) mass is 276 g/mol. The van der Waals surface area contributed by atoms with Crippen molar-refractivity contribution in [3.63, 3.8) is 0 Å². The molecule has 98 valence electrons. The number of halogens is 1. The minimum Gasteiger partial charge on any atom is -0.467 e. The Bertz CT molecular complexity index is 648. The van der Waals surface area contributed by atoms with E-state index < -0.39 is 0 Å². The van der Waals surface area contributed by atoms with Crippen molar-refractivity contribution in [1.29, 1.82) is 0 Å². The van der Waals surface area contributed by atoms with Crippen LogP contribution < -0.4 is 5.73 Å². The Kier molecular flexibility index (Phi) is 3.87. The van der Waals surface area contributed by atoms with Gasteiger partial charge in [-0.25, -0.2) is 9.97 Å². The standard InChI is InChI=1S/C13H12N4O.ClH/c14-12-8-10(3-4-15-12)13-16-5-6-17(13)9-11-2-1-7-18-11;/h1-8H,9H2,(H2,14,15);1H. The van der Waals surface area contributed by atoms with Crippen LogP contribution in [0.1, 0.15) is 5.76 Å². The van der Waals surface area contributed by atoms with Crippen LogP contribution in [-0.4, -0.2) is 14.5 Å². The second kappa shape index (κ2) is 5.58. The molecule has 6 heteroatoms. The van der Waals surface area contributed by atoms with Crippen LogP contribution >= 0.6 is 12.4 Å². The minimum atomic E-state index is 0. The molecular weight excluding hydrogens is 264 g/mol. The van der Waals surface area contributed by atoms with Gasteiger partial charge in [-0.3, -0.25) is 0 Å². The van der Waals surface area contributed by atoms with E-state index >= 15 is 0 Å². The maximum absolute atomic E-state index is 5.68. The average Bonchev–Trinajstić information content (AvgIpc) is 3.01. The first kappa shape index (κ1) is 13.2. The largest absolute Gasteiger partial charge is 0.467 e. The topological polar surface area (TPSA) is 69.9 Å². The molecule has 0 aliphatic heterocycles. The number of hydrogen-bond acceptors (Lipinski definition) is 4. The van der Waals surface area contributed by atoms with E-state index in [0.717, 1.165) is 17.1 Å². The summed E-state index contributed by atoms with van der Waals surface area (Å²) in [5.41, 5.74) is 6.63. The molecule has 5 nitrogen and oxygen atoms in total. The number of nitrogen functional groups attached to an aromatic ring is 1. The number of nitrogens with two attached hydrogens (primary N) is 1. The maximum Gasteiger partial charge on any atom is 0.140 e. The molecule has 19 heavy (non-hydrogen) atoms. The summed E-state index contributed by atoms with van der Waals surface area (Å²) in [7, 11) is 0. The zero-order valence-electron chi connectivity index (χ0n) is 10.1. The fraction of sp³-hybridized carbons (Fsp3) is 0.0769. The molecule has 3 heterocycles. The maximum atomic E-state index is 5.68. The quantitative estimate of drug-likeness (QED) is 0.798. The highest BCUT2D eigenvalue weighted by molar-refractivity contribution is 5.85. The van der Waals surface area contributed by atoms with Crippen molar-refractivity contribution in [2.24, 2.45) is 0 Å². The van der Waals surface area contributed by atoms with Crippen molar-refractivity contribution in [2.45, 2.75) is 6.54 Å². The molecule has 0 spiro atoms. The van der Waals surface area contributed by atoms with Gasteiger partial charge in [0.1, 0.15) is 17.4 Å². The number of pyridine rings is 1. The Balaban J connectivity index is 0.00000133. The SMILES string of the molecule is Cl.Nc1cc(-c2nccn2Cc2ccco2)ccn1. The summed E-state index contributed by atoms with van der Waals surface area (Å²) < 4.78 is 7.34. The Morgan fingerprint density at radius 3 is 2.84 bits per heavy atom. The Labute approximate surface area is 116 Å². The summed E-state index contributed by atoms with van der Waals surface area (Å²) in [5, 5.41) is 0. The van der Waals surface area contributed by atoms with E-state index in [9.17, 15) is 0 Å². The van der Waals surface area contributed by atoms with Crippen LogP contribution in [0.15, 0.2) is 53.5 Å². The smallest absolute Gasteiger partial charge is 0.140 e. The highest BCUT2D eigenvalue weighted by Crippen LogP contribution is 2.19. The van der Waals surface area contributed by atoms with Gasteiger partial charge < -0.3 is 14.7 Å². The van der Waals surface area contributed by atoms with E-state index in [1.54, 1.807) is 24.7 Å². The van der Waals surface area contributed by atoms with Crippen molar-refractivity contribution in [1.82, 2.24) is 14.5 Å². The summed E-state index contributed by atoms with van der Waals surface area (Å²) in [6.45, 7) is 0.643. The first-order chi connectivity index (χ1) is 8.83. The molecule has 3 rings (SSSR count). The van der Waals surface area contributed by atoms with Crippen molar-refractivity contribution < 1.29 is 4.42 Å². The Morgan fingerprint density at radius 1 is 1.21 bits per heavy atom. The summed E-state index contributed by atoms with van der Waals surface area (Å²) in [4.78, 5) is 8.32. The molecule has 3 aromatic heterocycles. The van der Waals surface area contributed by atoms with E-state index in [-0.39, 0.29) is 12.4 Å². The first-order valence-electron chi connectivity index (χ1n) is 5.58. The van der Waals surface area contributed by atoms with E-state index in [2.05, 4.69) is 9.97 Å². The fourth-order valence-corrected chi connectivity index (χ4v) is 1.85. The van der Waals surface area contributed by atoms with Gasteiger partial charge in [0.25, 0.3) is 0 Å². The second-order valence-corrected chi connectivity index (χ2v) is 3.93. The van der Waals surface area contributed by atoms with E-state index in [4.69, 9.17) is 10.2 Å². The van der Waals surface area contributed by atoms with Crippen LogP contribution in [0.5, 0.6) is 0 Å². The highest BCUT2D eigenvalue weighted by atomic mass is 35.5. The second-order valence-electron chi connectivity index (χ2n) is 3.93. The van der Waals surface area contributed by atoms with Gasteiger partial charge in [0.05, 0.1) is 12.8 Å². The third-order valence-electron chi connectivity index (χ3n) is 2.66. The molecule has 2 N–H and O–H groups in total. The van der Waals surface area contributed by atoms with E-state index in [0.29, 0.717) is 12.4 Å². The predicted molar refractivity (Wildman–Crippen MR) is 74.9 cm³/mol. The van der Waals surface area contributed by atoms with Crippen molar-refractivity contribution in [2.75, 3.05) is 5.73 Å². The van der Waals surface area contributed by atoms with Crippen LogP contribution in [-0.2, 0) is 6.54 Å². The lowest BCUT2D eigenvalue weighted by Crippen LogP contribution is -2.00. The molecule has 0 saturated heterocycles. The summed E-state index contributed by atoms with van der Waals surface area (Å²) in [6, 6.07) is 7.50. The number of imidazole rings is 1. The van der Waals surface area contributed by atoms with Gasteiger partial charge in [0, 0.05) is 24.2 Å². The van der Waals surface area contributed by atoms with Gasteiger partial charge in [0.2, 0.25) is 0 Å². The normalized spacial score (nSPS) is 10.1. The fourth-order valence-electron chi connectivity index (χ4n) is 1.85. The van der Waals surface area contributed by atoms with Crippen LogP contribution in [0.25, 0.3) is 11.4 Å². The van der Waals surface area contributed by atoms with Gasteiger partial charge in [-0.2, -0.15) is 0 Å². The molecule has 0 aromatic carbocycles. The number of nitrogens with zero attached hydrogens (tertiary/aromatic N) is 3. The number of rotatable bonds is 3. The molecule has 0 radical (unpaired) electrons. The number of aromatic nitrogens is 3. The Morgan fingerprint density at radius 2 is 2.11 bits per heavy atom. The summed E-state index contributed by atoms with van der Waals surface area (Å²) in [6.07, 6.45) is 7.01. The number of furan rings is 1. The lowest BCUT2D eigenvalue weighted by atomic mass is 10.2. The molecule has 0 aliphatic rings. The summed E-state index contributed by atoms with van der Waals surface area (Å²) in [5.74, 6) is 2.22. The van der Waals surface area contributed by atoms with E-state index in [1.807, 2.05) is 29.0 Å². The zero-order chi connectivity index (χ0) is 12.4. The predicted octanol–water partition coefficient (Wildman–Crippen LogP) is 2.59. The number of anilines is 1. The van der Waals surface area contributed by atoms with Crippen LogP contribution in [0, 0.1) is 0 Å². The van der Waals surface area contributed by atoms with Crippen LogP contribution in [0.3, 0.4) is 0 Å². The average molecular weight is 277 g/mol. The van der Waals surface area contributed by atoms with Gasteiger partial charge in [-0.1, -0.05) is 0 Å². The molecule has 0 aliphatic carbocycles. The molecule has 0 unspecified atom stereocenters. The van der Waals surface area contributed by atoms with E-state index in [1.165, 1.54) is 0 Å². The van der Waals surface area contributed by atoms with Crippen LogP contribution in [0.2, 0.25) is 0 Å². The van der Waals surface area contributed by atoms with Crippen molar-refractivity contribution >= 4 is 18.2 Å². The van der Waals surface area contributed by atoms with Crippen molar-refractivity contribution in [3.8, 4) is 11.4 Å². The molecule has 0 amide bonds. The lowest BCUT2D eigenvalue weighted by molar-refractivity contribution is 0.494. The zero-order valence-corrected chi connectivity index (χ0v) is 10.9. The number of hydrogen-bond donors (Lipinski definition) is 1. The summed E-state index contributed by atoms with van der Waals surface area (Å²) >= 11 is 0. The first-order valence-corrected chi connectivity index (χ1v) is 5.58. The molecule has 0 bridgehead atoms. The molecular formula is C13H13ClN4O. The Hall–Kier alpha value is -2.27. The molecule has 0 fully saturated rings. The molecule has 0 saturated carbocycles.